The van der Waals surface area contributed by atoms with Gasteiger partial charge in [0.1, 0.15) is 6.10 Å². The number of aliphatic hydroxyl groups excluding tert-OH is 1. The fraction of sp³-hybridized carbons (Fsp3) is 0.846. The van der Waals surface area contributed by atoms with Crippen LogP contribution in [0.4, 0.5) is 0 Å². The molecule has 0 radical (unpaired) electrons. The van der Waals surface area contributed by atoms with Gasteiger partial charge in [0.05, 0.1) is 5.41 Å². The van der Waals surface area contributed by atoms with Crippen LogP contribution < -0.4 is 0 Å². The predicted molar refractivity (Wildman–Crippen MR) is 60.1 cm³/mol. The topological polar surface area (TPSA) is 72.8 Å². The smallest absolute Gasteiger partial charge is 0.314 e. The second-order valence-corrected chi connectivity index (χ2v) is 6.01. The van der Waals surface area contributed by atoms with E-state index in [1.807, 2.05) is 0 Å². The number of carbonyl (C=O) groups excluding carboxylic acids is 2. The molecule has 1 N–H and O–H groups in total. The van der Waals surface area contributed by atoms with Gasteiger partial charge in [0.2, 0.25) is 0 Å². The lowest BCUT2D eigenvalue weighted by atomic mass is 9.48. The van der Waals surface area contributed by atoms with E-state index in [2.05, 4.69) is 0 Å². The summed E-state index contributed by atoms with van der Waals surface area (Å²) in [5.74, 6) is 0.842. The largest absolute Gasteiger partial charge is 0.464 e. The summed E-state index contributed by atoms with van der Waals surface area (Å²) in [6.45, 7) is -0.0134. The van der Waals surface area contributed by atoms with E-state index in [9.17, 15) is 9.59 Å². The van der Waals surface area contributed by atoms with Crippen LogP contribution in [-0.2, 0) is 19.1 Å². The summed E-state index contributed by atoms with van der Waals surface area (Å²) in [6, 6.07) is 0. The Labute approximate surface area is 105 Å². The first-order chi connectivity index (χ1) is 8.68. The number of carbonyl (C=O) groups is 2. The molecule has 5 heteroatoms. The van der Waals surface area contributed by atoms with E-state index in [0.717, 1.165) is 32.1 Å². The minimum absolute atomic E-state index is 0.0194. The molecular formula is C13H18O5. The van der Waals surface area contributed by atoms with Crippen LogP contribution in [0.2, 0.25) is 0 Å². The molecule has 4 saturated carbocycles. The third-order valence-electron chi connectivity index (χ3n) is 5.03. The summed E-state index contributed by atoms with van der Waals surface area (Å²) in [6.07, 6.45) is 4.40. The summed E-state index contributed by atoms with van der Waals surface area (Å²) in [4.78, 5) is 22.6. The van der Waals surface area contributed by atoms with E-state index in [1.54, 1.807) is 0 Å². The van der Waals surface area contributed by atoms with Gasteiger partial charge in [-0.1, -0.05) is 0 Å². The van der Waals surface area contributed by atoms with Gasteiger partial charge in [-0.3, -0.25) is 9.59 Å². The SMILES string of the molecule is O=COC1C2CC3CC1CC(C(=O)OCO)(C3)C2. The van der Waals surface area contributed by atoms with Gasteiger partial charge in [-0.15, -0.1) is 0 Å². The number of hydrogen-bond donors (Lipinski definition) is 1. The number of ether oxygens (including phenoxy) is 2. The minimum atomic E-state index is -0.547. The molecule has 4 rings (SSSR count). The molecular weight excluding hydrogens is 236 g/mol. The monoisotopic (exact) mass is 254 g/mol. The van der Waals surface area contributed by atoms with Crippen molar-refractivity contribution in [2.24, 2.45) is 23.2 Å². The van der Waals surface area contributed by atoms with Gasteiger partial charge in [0, 0.05) is 0 Å². The molecule has 18 heavy (non-hydrogen) atoms. The average molecular weight is 254 g/mol. The van der Waals surface area contributed by atoms with Crippen LogP contribution in [0, 0.1) is 23.2 Å². The van der Waals surface area contributed by atoms with Crippen LogP contribution in [0.25, 0.3) is 0 Å². The average Bonchev–Trinajstić information content (AvgIpc) is 2.33. The number of esters is 1. The van der Waals surface area contributed by atoms with Crippen molar-refractivity contribution in [3.63, 3.8) is 0 Å². The number of hydrogen-bond acceptors (Lipinski definition) is 5. The van der Waals surface area contributed by atoms with Crippen molar-refractivity contribution in [2.45, 2.75) is 38.2 Å². The molecule has 0 amide bonds. The molecule has 5 nitrogen and oxygen atoms in total. The molecule has 0 aromatic carbocycles. The van der Waals surface area contributed by atoms with Crippen LogP contribution in [0.3, 0.4) is 0 Å². The highest BCUT2D eigenvalue weighted by Crippen LogP contribution is 2.61. The van der Waals surface area contributed by atoms with E-state index in [4.69, 9.17) is 14.6 Å². The third kappa shape index (κ3) is 1.64. The highest BCUT2D eigenvalue weighted by atomic mass is 16.6. The Morgan fingerprint density at radius 3 is 2.50 bits per heavy atom. The Hall–Kier alpha value is -1.10. The molecule has 4 aliphatic rings. The zero-order valence-electron chi connectivity index (χ0n) is 10.2. The van der Waals surface area contributed by atoms with Crippen molar-refractivity contribution >= 4 is 12.4 Å². The second kappa shape index (κ2) is 4.23. The first-order valence-corrected chi connectivity index (χ1v) is 6.56. The minimum Gasteiger partial charge on any atom is -0.464 e. The number of rotatable bonds is 4. The summed E-state index contributed by atoms with van der Waals surface area (Å²) in [5.41, 5.74) is -0.429. The Morgan fingerprint density at radius 2 is 1.94 bits per heavy atom. The van der Waals surface area contributed by atoms with Crippen LogP contribution in [-0.4, -0.2) is 30.4 Å². The Bertz CT molecular complexity index is 350. The summed E-state index contributed by atoms with van der Waals surface area (Å²) in [5, 5.41) is 8.76. The molecule has 0 heterocycles. The van der Waals surface area contributed by atoms with Gasteiger partial charge >= 0.3 is 5.97 Å². The zero-order chi connectivity index (χ0) is 12.8. The zero-order valence-corrected chi connectivity index (χ0v) is 10.2. The summed E-state index contributed by atoms with van der Waals surface area (Å²) in [7, 11) is 0. The van der Waals surface area contributed by atoms with Crippen molar-refractivity contribution in [1.82, 2.24) is 0 Å². The molecule has 2 atom stereocenters. The Kier molecular flexibility index (Phi) is 2.81. The van der Waals surface area contributed by atoms with E-state index < -0.39 is 12.2 Å². The van der Waals surface area contributed by atoms with E-state index in [0.29, 0.717) is 12.4 Å². The van der Waals surface area contributed by atoms with Crippen LogP contribution in [0.1, 0.15) is 32.1 Å². The molecule has 0 spiro atoms. The Balaban J connectivity index is 1.82. The van der Waals surface area contributed by atoms with Crippen molar-refractivity contribution in [3.05, 3.63) is 0 Å². The van der Waals surface area contributed by atoms with E-state index in [1.165, 1.54) is 0 Å². The summed E-state index contributed by atoms with van der Waals surface area (Å²) < 4.78 is 10.0. The van der Waals surface area contributed by atoms with E-state index in [-0.39, 0.29) is 23.9 Å². The first kappa shape index (κ1) is 12.0. The van der Waals surface area contributed by atoms with Gasteiger partial charge in [0.25, 0.3) is 6.47 Å². The van der Waals surface area contributed by atoms with Crippen molar-refractivity contribution < 1.29 is 24.2 Å². The maximum Gasteiger partial charge on any atom is 0.314 e. The normalized spacial score (nSPS) is 44.7. The molecule has 0 aliphatic heterocycles. The molecule has 2 unspecified atom stereocenters. The van der Waals surface area contributed by atoms with Crippen LogP contribution >= 0.6 is 0 Å². The quantitative estimate of drug-likeness (QED) is 0.457. The van der Waals surface area contributed by atoms with Gasteiger partial charge in [-0.25, -0.2) is 0 Å². The molecule has 4 aliphatic carbocycles. The molecule has 0 aromatic rings. The second-order valence-electron chi connectivity index (χ2n) is 6.01. The standard InChI is InChI=1S/C13H18O5/c14-6-17-11-9-1-8-2-10(11)5-13(3-8,4-9)12(16)18-7-15/h6,8-11,15H,1-5,7H2. The maximum absolute atomic E-state index is 12.1. The highest BCUT2D eigenvalue weighted by molar-refractivity contribution is 5.77. The molecule has 4 fully saturated rings. The molecule has 4 bridgehead atoms. The van der Waals surface area contributed by atoms with Crippen LogP contribution in [0.5, 0.6) is 0 Å². The van der Waals surface area contributed by atoms with Gasteiger partial charge < -0.3 is 14.6 Å². The predicted octanol–water partition coefficient (Wildman–Crippen LogP) is 0.847. The number of aliphatic hydroxyl groups is 1. The maximum atomic E-state index is 12.1. The van der Waals surface area contributed by atoms with Gasteiger partial charge in [0.15, 0.2) is 6.79 Å². The molecule has 100 valence electrons. The lowest BCUT2D eigenvalue weighted by Crippen LogP contribution is -2.57. The first-order valence-electron chi connectivity index (χ1n) is 6.56. The van der Waals surface area contributed by atoms with E-state index >= 15 is 0 Å². The van der Waals surface area contributed by atoms with Crippen molar-refractivity contribution in [2.75, 3.05) is 6.79 Å². The third-order valence-corrected chi connectivity index (χ3v) is 5.03. The molecule has 0 aromatic heterocycles. The van der Waals surface area contributed by atoms with Crippen molar-refractivity contribution in [1.29, 1.82) is 0 Å². The van der Waals surface area contributed by atoms with Gasteiger partial charge in [-0.05, 0) is 49.9 Å². The fourth-order valence-corrected chi connectivity index (χ4v) is 4.73. The molecule has 0 saturated heterocycles. The van der Waals surface area contributed by atoms with Crippen LogP contribution in [0.15, 0.2) is 0 Å². The summed E-state index contributed by atoms with van der Waals surface area (Å²) >= 11 is 0. The fourth-order valence-electron chi connectivity index (χ4n) is 4.73. The Morgan fingerprint density at radius 1 is 1.28 bits per heavy atom. The highest BCUT2D eigenvalue weighted by Gasteiger charge is 2.60. The van der Waals surface area contributed by atoms with Gasteiger partial charge in [-0.2, -0.15) is 0 Å². The van der Waals surface area contributed by atoms with Crippen molar-refractivity contribution in [3.8, 4) is 0 Å². The lowest BCUT2D eigenvalue weighted by Gasteiger charge is -2.57. The lowest BCUT2D eigenvalue weighted by molar-refractivity contribution is -0.195.